The average Bonchev–Trinajstić information content (AvgIpc) is 2.99. The van der Waals surface area contributed by atoms with Crippen LogP contribution in [0.3, 0.4) is 0 Å². The number of rotatable bonds is 7. The van der Waals surface area contributed by atoms with E-state index >= 15 is 0 Å². The van der Waals surface area contributed by atoms with Crippen LogP contribution in [-0.2, 0) is 19.6 Å². The van der Waals surface area contributed by atoms with Crippen molar-refractivity contribution in [2.75, 3.05) is 12.4 Å². The summed E-state index contributed by atoms with van der Waals surface area (Å²) in [5.74, 6) is -1.79. The summed E-state index contributed by atoms with van der Waals surface area (Å²) in [6, 6.07) is 4.77. The van der Waals surface area contributed by atoms with Crippen LogP contribution in [0.15, 0.2) is 35.2 Å². The summed E-state index contributed by atoms with van der Waals surface area (Å²) in [5.41, 5.74) is 0.199. The number of hydrogen-bond acceptors (Lipinski definition) is 6. The first-order valence-corrected chi connectivity index (χ1v) is 10.3. The largest absolute Gasteiger partial charge is 0.465 e. The second kappa shape index (κ2) is 8.59. The predicted octanol–water partition coefficient (Wildman–Crippen LogP) is 2.68. The Bertz CT molecular complexity index is 939. The quantitative estimate of drug-likeness (QED) is 0.679. The number of benzene rings is 1. The third-order valence-corrected chi connectivity index (χ3v) is 6.10. The molecule has 0 bridgehead atoms. The lowest BCUT2D eigenvalue weighted by molar-refractivity contribution is -0.117. The van der Waals surface area contributed by atoms with Gasteiger partial charge in [0.1, 0.15) is 16.9 Å². The topological polar surface area (TPSA) is 102 Å². The maximum atomic E-state index is 13.0. The Morgan fingerprint density at radius 3 is 2.44 bits per heavy atom. The number of thiophene rings is 1. The number of halogens is 1. The molecule has 7 nitrogen and oxygen atoms in total. The van der Waals surface area contributed by atoms with Crippen LogP contribution in [0.4, 0.5) is 9.39 Å². The minimum Gasteiger partial charge on any atom is -0.465 e. The third-order valence-electron chi connectivity index (χ3n) is 3.64. The molecule has 0 aliphatic rings. The monoisotopic (exact) mass is 414 g/mol. The molecule has 0 fully saturated rings. The van der Waals surface area contributed by atoms with Crippen LogP contribution >= 0.6 is 11.3 Å². The second-order valence-electron chi connectivity index (χ2n) is 5.62. The van der Waals surface area contributed by atoms with Crippen molar-refractivity contribution in [1.29, 1.82) is 0 Å². The zero-order valence-electron chi connectivity index (χ0n) is 14.9. The lowest BCUT2D eigenvalue weighted by Crippen LogP contribution is -2.43. The SMILES string of the molecule is CCC(NS(=O)(=O)c1ccc(F)cc1)C(=O)Nc1sc(C)cc1C(=O)OC. The van der Waals surface area contributed by atoms with E-state index in [2.05, 4.69) is 14.8 Å². The van der Waals surface area contributed by atoms with E-state index in [1.165, 1.54) is 18.4 Å². The number of ether oxygens (including phenoxy) is 1. The summed E-state index contributed by atoms with van der Waals surface area (Å²) in [7, 11) is -2.79. The minimum atomic E-state index is -4.02. The predicted molar refractivity (Wildman–Crippen MR) is 99.8 cm³/mol. The van der Waals surface area contributed by atoms with E-state index in [1.54, 1.807) is 19.9 Å². The van der Waals surface area contributed by atoms with Gasteiger partial charge in [-0.2, -0.15) is 4.72 Å². The summed E-state index contributed by atoms with van der Waals surface area (Å²) in [6.45, 7) is 3.40. The van der Waals surface area contributed by atoms with Crippen LogP contribution in [0.25, 0.3) is 0 Å². The average molecular weight is 414 g/mol. The molecule has 1 heterocycles. The molecular weight excluding hydrogens is 395 g/mol. The summed E-state index contributed by atoms with van der Waals surface area (Å²) >= 11 is 1.18. The standard InChI is InChI=1S/C17H19FN2O5S2/c1-4-14(20-27(23,24)12-7-5-11(18)6-8-12)15(21)19-16-13(17(22)25-3)9-10(2)26-16/h5-9,14,20H,4H2,1-3H3,(H,19,21). The lowest BCUT2D eigenvalue weighted by Gasteiger charge is -2.17. The molecule has 10 heteroatoms. The molecule has 0 spiro atoms. The molecule has 2 aromatic rings. The van der Waals surface area contributed by atoms with Crippen LogP contribution in [0.5, 0.6) is 0 Å². The Morgan fingerprint density at radius 1 is 1.26 bits per heavy atom. The molecule has 2 N–H and O–H groups in total. The van der Waals surface area contributed by atoms with E-state index < -0.39 is 33.8 Å². The van der Waals surface area contributed by atoms with E-state index in [4.69, 9.17) is 0 Å². The van der Waals surface area contributed by atoms with Gasteiger partial charge in [-0.3, -0.25) is 4.79 Å². The maximum Gasteiger partial charge on any atom is 0.340 e. The first-order valence-electron chi connectivity index (χ1n) is 7.95. The molecule has 146 valence electrons. The van der Waals surface area contributed by atoms with Gasteiger partial charge < -0.3 is 10.1 Å². The van der Waals surface area contributed by atoms with E-state index in [0.29, 0.717) is 0 Å². The van der Waals surface area contributed by atoms with Gasteiger partial charge in [0.25, 0.3) is 0 Å². The van der Waals surface area contributed by atoms with Gasteiger partial charge in [-0.25, -0.2) is 17.6 Å². The van der Waals surface area contributed by atoms with Crippen molar-refractivity contribution < 1.29 is 27.1 Å². The minimum absolute atomic E-state index is 0.155. The number of nitrogens with one attached hydrogen (secondary N) is 2. The van der Waals surface area contributed by atoms with Crippen molar-refractivity contribution in [1.82, 2.24) is 4.72 Å². The molecule has 2 rings (SSSR count). The number of sulfonamides is 1. The van der Waals surface area contributed by atoms with Crippen LogP contribution < -0.4 is 10.0 Å². The van der Waals surface area contributed by atoms with Crippen LogP contribution in [0, 0.1) is 12.7 Å². The Kier molecular flexibility index (Phi) is 6.68. The molecule has 0 saturated carbocycles. The zero-order chi connectivity index (χ0) is 20.2. The van der Waals surface area contributed by atoms with Gasteiger partial charge in [-0.1, -0.05) is 6.92 Å². The van der Waals surface area contributed by atoms with Crippen molar-refractivity contribution in [2.24, 2.45) is 0 Å². The smallest absolute Gasteiger partial charge is 0.340 e. The van der Waals surface area contributed by atoms with Crippen molar-refractivity contribution in [3.05, 3.63) is 46.6 Å². The highest BCUT2D eigenvalue weighted by Gasteiger charge is 2.26. The molecule has 0 aliphatic heterocycles. The molecule has 1 atom stereocenters. The van der Waals surface area contributed by atoms with E-state index in [0.717, 1.165) is 29.1 Å². The fraction of sp³-hybridized carbons (Fsp3) is 0.294. The van der Waals surface area contributed by atoms with Crippen molar-refractivity contribution in [2.45, 2.75) is 31.2 Å². The highest BCUT2D eigenvalue weighted by Crippen LogP contribution is 2.28. The fourth-order valence-electron chi connectivity index (χ4n) is 2.26. The van der Waals surface area contributed by atoms with Gasteiger partial charge >= 0.3 is 5.97 Å². The normalized spacial score (nSPS) is 12.4. The van der Waals surface area contributed by atoms with Crippen molar-refractivity contribution in [3.63, 3.8) is 0 Å². The van der Waals surface area contributed by atoms with Crippen molar-refractivity contribution >= 4 is 38.2 Å². The summed E-state index contributed by atoms with van der Waals surface area (Å²) in [6.07, 6.45) is 0.171. The van der Waals surface area contributed by atoms with Gasteiger partial charge in [-0.15, -0.1) is 11.3 Å². The summed E-state index contributed by atoms with van der Waals surface area (Å²) in [5, 5.41) is 2.85. The first kappa shape index (κ1) is 21.0. The molecule has 0 aliphatic carbocycles. The molecule has 0 saturated heterocycles. The second-order valence-corrected chi connectivity index (χ2v) is 8.59. The summed E-state index contributed by atoms with van der Waals surface area (Å²) in [4.78, 5) is 25.0. The fourth-order valence-corrected chi connectivity index (χ4v) is 4.44. The molecule has 1 amide bonds. The summed E-state index contributed by atoms with van der Waals surface area (Å²) < 4.78 is 44.8. The highest BCUT2D eigenvalue weighted by molar-refractivity contribution is 7.89. The number of carbonyl (C=O) groups excluding carboxylic acids is 2. The molecule has 27 heavy (non-hydrogen) atoms. The molecule has 0 radical (unpaired) electrons. The first-order chi connectivity index (χ1) is 12.7. The highest BCUT2D eigenvalue weighted by atomic mass is 32.2. The number of hydrogen-bond donors (Lipinski definition) is 2. The number of methoxy groups -OCH3 is 1. The Hall–Kier alpha value is -2.30. The number of carbonyl (C=O) groups is 2. The Labute approximate surface area is 160 Å². The van der Waals surface area contributed by atoms with Gasteiger partial charge in [0.05, 0.1) is 17.6 Å². The van der Waals surface area contributed by atoms with Crippen LogP contribution in [0.1, 0.15) is 28.6 Å². The van der Waals surface area contributed by atoms with Gasteiger partial charge in [0.2, 0.25) is 15.9 Å². The number of aryl methyl sites for hydroxylation is 1. The third kappa shape index (κ3) is 5.12. The molecule has 1 unspecified atom stereocenters. The van der Waals surface area contributed by atoms with E-state index in [-0.39, 0.29) is 21.9 Å². The molecule has 1 aromatic heterocycles. The number of esters is 1. The lowest BCUT2D eigenvalue weighted by atomic mass is 10.2. The van der Waals surface area contributed by atoms with Gasteiger partial charge in [-0.05, 0) is 43.7 Å². The Balaban J connectivity index is 2.19. The molecule has 1 aromatic carbocycles. The zero-order valence-corrected chi connectivity index (χ0v) is 16.5. The van der Waals surface area contributed by atoms with Gasteiger partial charge in [0.15, 0.2) is 0 Å². The van der Waals surface area contributed by atoms with Crippen LogP contribution in [-0.4, -0.2) is 33.4 Å². The van der Waals surface area contributed by atoms with Crippen molar-refractivity contribution in [3.8, 4) is 0 Å². The van der Waals surface area contributed by atoms with Gasteiger partial charge in [0, 0.05) is 4.88 Å². The number of anilines is 1. The Morgan fingerprint density at radius 2 is 1.89 bits per heavy atom. The van der Waals surface area contributed by atoms with E-state index in [9.17, 15) is 22.4 Å². The number of amides is 1. The maximum absolute atomic E-state index is 13.0. The van der Waals surface area contributed by atoms with Crippen LogP contribution in [0.2, 0.25) is 0 Å². The molecular formula is C17H19FN2O5S2. The van der Waals surface area contributed by atoms with E-state index in [1.807, 2.05) is 0 Å².